The van der Waals surface area contributed by atoms with Gasteiger partial charge in [-0.15, -0.1) is 0 Å². The highest BCUT2D eigenvalue weighted by molar-refractivity contribution is 6.11. The number of nitrogens with one attached hydrogen (secondary N) is 1. The van der Waals surface area contributed by atoms with E-state index in [0.29, 0.717) is 0 Å². The van der Waals surface area contributed by atoms with Crippen molar-refractivity contribution in [3.8, 4) is 0 Å². The predicted octanol–water partition coefficient (Wildman–Crippen LogP) is 5.98. The third kappa shape index (κ3) is 3.42. The van der Waals surface area contributed by atoms with E-state index in [-0.39, 0.29) is 5.91 Å². The molecule has 4 aromatic rings. The van der Waals surface area contributed by atoms with Crippen molar-refractivity contribution in [1.82, 2.24) is 0 Å². The summed E-state index contributed by atoms with van der Waals surface area (Å²) >= 11 is 0. The first-order valence-electron chi connectivity index (χ1n) is 10.3. The third-order valence-corrected chi connectivity index (χ3v) is 5.91. The molecule has 4 aromatic carbocycles. The Morgan fingerprint density at radius 2 is 1.48 bits per heavy atom. The van der Waals surface area contributed by atoms with Gasteiger partial charge in [0.2, 0.25) is 0 Å². The van der Waals surface area contributed by atoms with Crippen LogP contribution in [0.15, 0.2) is 84.9 Å². The van der Waals surface area contributed by atoms with Crippen LogP contribution in [-0.2, 0) is 25.7 Å². The average Bonchev–Trinajstić information content (AvgIpc) is 3.20. The van der Waals surface area contributed by atoms with Crippen LogP contribution in [0, 0.1) is 0 Å². The minimum Gasteiger partial charge on any atom is -0.321 e. The Morgan fingerprint density at radius 3 is 2.34 bits per heavy atom. The third-order valence-electron chi connectivity index (χ3n) is 5.91. The smallest absolute Gasteiger partial charge is 0.255 e. The maximum Gasteiger partial charge on any atom is 0.255 e. The lowest BCUT2D eigenvalue weighted by Crippen LogP contribution is -2.15. The van der Waals surface area contributed by atoms with Gasteiger partial charge >= 0.3 is 0 Å². The first kappa shape index (κ1) is 17.7. The van der Waals surface area contributed by atoms with E-state index in [2.05, 4.69) is 66.0 Å². The van der Waals surface area contributed by atoms with E-state index >= 15 is 0 Å². The molecule has 1 N–H and O–H groups in total. The summed E-state index contributed by atoms with van der Waals surface area (Å²) < 4.78 is 0. The predicted molar refractivity (Wildman–Crippen MR) is 120 cm³/mol. The number of rotatable bonds is 5. The van der Waals surface area contributed by atoms with Crippen LogP contribution in [0.4, 0.5) is 5.69 Å². The fraction of sp³-hybridized carbons (Fsp3) is 0.148. The van der Waals surface area contributed by atoms with Crippen LogP contribution in [0.5, 0.6) is 0 Å². The molecule has 0 saturated heterocycles. The second-order valence-corrected chi connectivity index (χ2v) is 7.71. The topological polar surface area (TPSA) is 29.1 Å². The van der Waals surface area contributed by atoms with Gasteiger partial charge in [-0.05, 0) is 65.5 Å². The lowest BCUT2D eigenvalue weighted by atomic mass is 9.99. The van der Waals surface area contributed by atoms with Crippen LogP contribution in [0.1, 0.15) is 32.6 Å². The van der Waals surface area contributed by atoms with Gasteiger partial charge in [0.15, 0.2) is 0 Å². The zero-order valence-electron chi connectivity index (χ0n) is 16.3. The molecule has 2 heteroatoms. The molecule has 0 aliphatic heterocycles. The van der Waals surface area contributed by atoms with Gasteiger partial charge in [-0.1, -0.05) is 72.8 Å². The van der Waals surface area contributed by atoms with Crippen molar-refractivity contribution in [2.75, 3.05) is 5.32 Å². The molecule has 5 rings (SSSR count). The number of carbonyl (C=O) groups excluding carboxylic acids is 1. The van der Waals surface area contributed by atoms with Crippen LogP contribution in [0.3, 0.4) is 0 Å². The van der Waals surface area contributed by atoms with E-state index in [1.165, 1.54) is 22.1 Å². The van der Waals surface area contributed by atoms with Crippen molar-refractivity contribution in [3.63, 3.8) is 0 Å². The van der Waals surface area contributed by atoms with Gasteiger partial charge in [0.25, 0.3) is 5.91 Å². The number of aryl methyl sites for hydroxylation is 4. The summed E-state index contributed by atoms with van der Waals surface area (Å²) in [5, 5.41) is 5.65. The van der Waals surface area contributed by atoms with E-state index in [4.69, 9.17) is 0 Å². The fourth-order valence-electron chi connectivity index (χ4n) is 4.43. The molecule has 0 bridgehead atoms. The molecular weight excluding hydrogens is 354 g/mol. The molecule has 0 fully saturated rings. The monoisotopic (exact) mass is 377 g/mol. The Kier molecular flexibility index (Phi) is 4.61. The summed E-state index contributed by atoms with van der Waals surface area (Å²) in [4.78, 5) is 13.2. The first-order valence-corrected chi connectivity index (χ1v) is 10.3. The van der Waals surface area contributed by atoms with Gasteiger partial charge in [0, 0.05) is 16.6 Å². The average molecular weight is 377 g/mol. The Labute approximate surface area is 171 Å². The highest BCUT2D eigenvalue weighted by Crippen LogP contribution is 2.35. The van der Waals surface area contributed by atoms with Gasteiger partial charge in [-0.25, -0.2) is 0 Å². The second kappa shape index (κ2) is 7.56. The standard InChI is InChI=1S/C27H23NO/c29-27(23-11-5-4-9-20(23)14-13-19-7-2-1-3-8-19)28-25-18-17-22-16-15-21-10-6-12-24(25)26(21)22/h1-12,17-18H,13-16H2,(H,28,29). The van der Waals surface area contributed by atoms with Gasteiger partial charge < -0.3 is 5.32 Å². The molecule has 0 saturated carbocycles. The van der Waals surface area contributed by atoms with E-state index in [1.54, 1.807) is 0 Å². The van der Waals surface area contributed by atoms with Crippen LogP contribution in [0.25, 0.3) is 10.8 Å². The number of amides is 1. The number of hydrogen-bond donors (Lipinski definition) is 1. The summed E-state index contributed by atoms with van der Waals surface area (Å²) in [7, 11) is 0. The molecule has 1 amide bonds. The second-order valence-electron chi connectivity index (χ2n) is 7.71. The van der Waals surface area contributed by atoms with Crippen LogP contribution in [0.2, 0.25) is 0 Å². The molecule has 1 aliphatic rings. The lowest BCUT2D eigenvalue weighted by Gasteiger charge is -2.13. The molecule has 0 aromatic heterocycles. The molecule has 0 spiro atoms. The van der Waals surface area contributed by atoms with Gasteiger partial charge in [-0.2, -0.15) is 0 Å². The Morgan fingerprint density at radius 1 is 0.724 bits per heavy atom. The molecule has 142 valence electrons. The normalized spacial score (nSPS) is 12.3. The summed E-state index contributed by atoms with van der Waals surface area (Å²) in [5.41, 5.74) is 6.80. The molecule has 1 aliphatic carbocycles. The molecule has 0 heterocycles. The van der Waals surface area contributed by atoms with E-state index in [1.807, 2.05) is 24.3 Å². The zero-order chi connectivity index (χ0) is 19.6. The maximum absolute atomic E-state index is 13.2. The highest BCUT2D eigenvalue weighted by atomic mass is 16.1. The van der Waals surface area contributed by atoms with Crippen molar-refractivity contribution < 1.29 is 4.79 Å². The van der Waals surface area contributed by atoms with Crippen molar-refractivity contribution in [1.29, 1.82) is 0 Å². The summed E-state index contributed by atoms with van der Waals surface area (Å²) in [6.45, 7) is 0. The van der Waals surface area contributed by atoms with Crippen LogP contribution < -0.4 is 5.32 Å². The number of hydrogen-bond acceptors (Lipinski definition) is 1. The zero-order valence-corrected chi connectivity index (χ0v) is 16.3. The largest absolute Gasteiger partial charge is 0.321 e. The van der Waals surface area contributed by atoms with E-state index in [9.17, 15) is 4.79 Å². The maximum atomic E-state index is 13.2. The summed E-state index contributed by atoms with van der Waals surface area (Å²) in [6.07, 6.45) is 3.95. The van der Waals surface area contributed by atoms with Crippen molar-refractivity contribution in [2.45, 2.75) is 25.7 Å². The van der Waals surface area contributed by atoms with Crippen molar-refractivity contribution >= 4 is 22.4 Å². The molecule has 0 radical (unpaired) electrons. The quantitative estimate of drug-likeness (QED) is 0.456. The van der Waals surface area contributed by atoms with E-state index < -0.39 is 0 Å². The molecule has 0 atom stereocenters. The summed E-state index contributed by atoms with van der Waals surface area (Å²) in [6, 6.07) is 29.0. The lowest BCUT2D eigenvalue weighted by molar-refractivity contribution is 0.102. The molecular formula is C27H23NO. The Hall–Kier alpha value is -3.39. The van der Waals surface area contributed by atoms with Crippen LogP contribution >= 0.6 is 0 Å². The fourth-order valence-corrected chi connectivity index (χ4v) is 4.43. The SMILES string of the molecule is O=C(Nc1ccc2c3c(cccc13)CC2)c1ccccc1CCc1ccccc1. The van der Waals surface area contributed by atoms with Crippen molar-refractivity contribution in [2.24, 2.45) is 0 Å². The number of benzene rings is 4. The summed E-state index contributed by atoms with van der Waals surface area (Å²) in [5.74, 6) is -0.0349. The Balaban J connectivity index is 1.42. The molecule has 2 nitrogen and oxygen atoms in total. The highest BCUT2D eigenvalue weighted by Gasteiger charge is 2.18. The van der Waals surface area contributed by atoms with Gasteiger partial charge in [-0.3, -0.25) is 4.79 Å². The minimum atomic E-state index is -0.0349. The number of anilines is 1. The minimum absolute atomic E-state index is 0.0349. The van der Waals surface area contributed by atoms with Gasteiger partial charge in [0.05, 0.1) is 0 Å². The first-order chi connectivity index (χ1) is 14.3. The van der Waals surface area contributed by atoms with Crippen LogP contribution in [-0.4, -0.2) is 5.91 Å². The van der Waals surface area contributed by atoms with Crippen molar-refractivity contribution in [3.05, 3.63) is 113 Å². The number of carbonyl (C=O) groups is 1. The molecule has 0 unspecified atom stereocenters. The van der Waals surface area contributed by atoms with Gasteiger partial charge in [0.1, 0.15) is 0 Å². The molecule has 29 heavy (non-hydrogen) atoms. The Bertz CT molecular complexity index is 1180. The van der Waals surface area contributed by atoms with E-state index in [0.717, 1.165) is 47.9 Å².